The molecule has 1 aromatic heterocycles. The zero-order valence-corrected chi connectivity index (χ0v) is 19.2. The van der Waals surface area contributed by atoms with Crippen LogP contribution in [-0.4, -0.2) is 46.0 Å². The average Bonchev–Trinajstić information content (AvgIpc) is 3.07. The maximum absolute atomic E-state index is 12.8. The van der Waals surface area contributed by atoms with Gasteiger partial charge in [-0.05, 0) is 29.9 Å². The van der Waals surface area contributed by atoms with Crippen molar-refractivity contribution in [3.05, 3.63) is 36.0 Å². The summed E-state index contributed by atoms with van der Waals surface area (Å²) in [4.78, 5) is 40.1. The van der Waals surface area contributed by atoms with E-state index in [1.807, 2.05) is 38.1 Å². The number of carbonyl (C=O) groups is 3. The highest BCUT2D eigenvalue weighted by molar-refractivity contribution is 5.92. The van der Waals surface area contributed by atoms with Crippen LogP contribution in [0.15, 0.2) is 30.5 Å². The molecule has 0 fully saturated rings. The van der Waals surface area contributed by atoms with Crippen molar-refractivity contribution in [1.82, 2.24) is 15.6 Å². The van der Waals surface area contributed by atoms with Crippen molar-refractivity contribution in [2.45, 2.75) is 58.7 Å². The van der Waals surface area contributed by atoms with Gasteiger partial charge in [0.1, 0.15) is 12.1 Å². The molecule has 0 aliphatic carbocycles. The van der Waals surface area contributed by atoms with E-state index in [4.69, 9.17) is 5.73 Å². The van der Waals surface area contributed by atoms with E-state index >= 15 is 0 Å². The predicted octanol–water partition coefficient (Wildman–Crippen LogP) is 2.22. The van der Waals surface area contributed by atoms with Crippen LogP contribution < -0.4 is 16.4 Å². The zero-order chi connectivity index (χ0) is 22.4. The van der Waals surface area contributed by atoms with Gasteiger partial charge in [0.15, 0.2) is 0 Å². The topological polar surface area (TPSA) is 137 Å². The summed E-state index contributed by atoms with van der Waals surface area (Å²) in [5.41, 5.74) is 7.61. The molecule has 2 amide bonds. The summed E-state index contributed by atoms with van der Waals surface area (Å²) in [5, 5.41) is 15.8. The number of aromatic amines is 1. The molecule has 0 saturated carbocycles. The minimum absolute atomic E-state index is 0. The first-order valence-corrected chi connectivity index (χ1v) is 10.2. The van der Waals surface area contributed by atoms with E-state index in [0.29, 0.717) is 6.42 Å². The van der Waals surface area contributed by atoms with Crippen LogP contribution in [0.3, 0.4) is 0 Å². The number of nitrogens with two attached hydrogens (primary N) is 1. The van der Waals surface area contributed by atoms with Crippen molar-refractivity contribution in [1.29, 1.82) is 0 Å². The molecular formula is C22H33ClN4O4. The largest absolute Gasteiger partial charge is 0.480 e. The van der Waals surface area contributed by atoms with Gasteiger partial charge in [-0.15, -0.1) is 12.4 Å². The SMILES string of the molecule is CC(C)CC(N)C(=O)NC(C(=O)NC(Cc1c[nH]c2ccccc12)C(=O)O)C(C)C.Cl. The van der Waals surface area contributed by atoms with Crippen LogP contribution in [0, 0.1) is 11.8 Å². The lowest BCUT2D eigenvalue weighted by molar-refractivity contribution is -0.142. The van der Waals surface area contributed by atoms with Gasteiger partial charge in [0.05, 0.1) is 6.04 Å². The number of carboxylic acids is 1. The number of aliphatic carboxylic acids is 1. The molecule has 3 atom stereocenters. The maximum atomic E-state index is 12.8. The first kappa shape index (κ1) is 26.5. The van der Waals surface area contributed by atoms with Crippen LogP contribution in [0.4, 0.5) is 0 Å². The van der Waals surface area contributed by atoms with E-state index in [2.05, 4.69) is 15.6 Å². The first-order chi connectivity index (χ1) is 14.1. The van der Waals surface area contributed by atoms with Gasteiger partial charge in [-0.3, -0.25) is 9.59 Å². The molecule has 0 bridgehead atoms. The molecular weight excluding hydrogens is 420 g/mol. The Kier molecular flexibility index (Phi) is 10.00. The zero-order valence-electron chi connectivity index (χ0n) is 18.3. The number of carbonyl (C=O) groups excluding carboxylic acids is 2. The fourth-order valence-corrected chi connectivity index (χ4v) is 3.39. The van der Waals surface area contributed by atoms with E-state index < -0.39 is 35.9 Å². The molecule has 0 aliphatic heterocycles. The Morgan fingerprint density at radius 3 is 2.29 bits per heavy atom. The van der Waals surface area contributed by atoms with Crippen LogP contribution in [0.1, 0.15) is 39.7 Å². The number of amides is 2. The number of H-pyrrole nitrogens is 1. The third-order valence-corrected chi connectivity index (χ3v) is 5.02. The van der Waals surface area contributed by atoms with Crippen molar-refractivity contribution in [2.24, 2.45) is 17.6 Å². The molecule has 0 radical (unpaired) electrons. The second-order valence-corrected chi connectivity index (χ2v) is 8.43. The van der Waals surface area contributed by atoms with Crippen molar-refractivity contribution >= 4 is 41.1 Å². The van der Waals surface area contributed by atoms with Crippen molar-refractivity contribution in [2.75, 3.05) is 0 Å². The highest BCUT2D eigenvalue weighted by Gasteiger charge is 2.30. The number of fused-ring (bicyclic) bond motifs is 1. The fraction of sp³-hybridized carbons (Fsp3) is 0.500. The number of rotatable bonds is 10. The molecule has 2 aromatic rings. The van der Waals surface area contributed by atoms with E-state index in [9.17, 15) is 19.5 Å². The summed E-state index contributed by atoms with van der Waals surface area (Å²) in [6, 6.07) is 4.84. The Morgan fingerprint density at radius 1 is 1.06 bits per heavy atom. The van der Waals surface area contributed by atoms with Crippen LogP contribution in [0.5, 0.6) is 0 Å². The number of aromatic nitrogens is 1. The molecule has 1 heterocycles. The third kappa shape index (κ3) is 7.25. The Hall–Kier alpha value is -2.58. The molecule has 6 N–H and O–H groups in total. The predicted molar refractivity (Wildman–Crippen MR) is 123 cm³/mol. The van der Waals surface area contributed by atoms with Gasteiger partial charge in [0, 0.05) is 23.5 Å². The van der Waals surface area contributed by atoms with Gasteiger partial charge in [0.2, 0.25) is 11.8 Å². The molecule has 0 spiro atoms. The summed E-state index contributed by atoms with van der Waals surface area (Å²) in [6.45, 7) is 7.49. The monoisotopic (exact) mass is 452 g/mol. The van der Waals surface area contributed by atoms with Gasteiger partial charge in [-0.1, -0.05) is 45.9 Å². The summed E-state index contributed by atoms with van der Waals surface area (Å²) >= 11 is 0. The quantitative estimate of drug-likeness (QED) is 0.376. The Bertz CT molecular complexity index is 897. The number of halogens is 1. The number of hydrogen-bond acceptors (Lipinski definition) is 4. The molecule has 0 saturated heterocycles. The van der Waals surface area contributed by atoms with E-state index in [1.165, 1.54) is 0 Å². The molecule has 172 valence electrons. The second kappa shape index (κ2) is 11.7. The van der Waals surface area contributed by atoms with Gasteiger partial charge >= 0.3 is 5.97 Å². The molecule has 2 rings (SSSR count). The minimum atomic E-state index is -1.14. The standard InChI is InChI=1S/C22H32N4O4.ClH/c1-12(2)9-16(23)20(27)26-19(13(3)4)21(28)25-18(22(29)30)10-14-11-24-17-8-6-5-7-15(14)17;/h5-8,11-13,16,18-19,24H,9-10,23H2,1-4H3,(H,25,28)(H,26,27)(H,29,30);1H. The Labute approximate surface area is 188 Å². The van der Waals surface area contributed by atoms with E-state index in [1.54, 1.807) is 20.0 Å². The number of hydrogen-bond donors (Lipinski definition) is 5. The average molecular weight is 453 g/mol. The lowest BCUT2D eigenvalue weighted by Gasteiger charge is -2.25. The van der Waals surface area contributed by atoms with Crippen LogP contribution in [-0.2, 0) is 20.8 Å². The number of benzene rings is 1. The summed E-state index contributed by atoms with van der Waals surface area (Å²) < 4.78 is 0. The number of nitrogens with one attached hydrogen (secondary N) is 3. The lowest BCUT2D eigenvalue weighted by Crippen LogP contribution is -2.56. The van der Waals surface area contributed by atoms with E-state index in [-0.39, 0.29) is 30.7 Å². The van der Waals surface area contributed by atoms with Crippen molar-refractivity contribution in [3.8, 4) is 0 Å². The van der Waals surface area contributed by atoms with Crippen molar-refractivity contribution in [3.63, 3.8) is 0 Å². The Morgan fingerprint density at radius 2 is 1.71 bits per heavy atom. The lowest BCUT2D eigenvalue weighted by atomic mass is 9.99. The summed E-state index contributed by atoms with van der Waals surface area (Å²) in [6.07, 6.45) is 2.37. The third-order valence-electron chi connectivity index (χ3n) is 5.02. The highest BCUT2D eigenvalue weighted by atomic mass is 35.5. The van der Waals surface area contributed by atoms with Crippen LogP contribution in [0.2, 0.25) is 0 Å². The van der Waals surface area contributed by atoms with E-state index in [0.717, 1.165) is 16.5 Å². The van der Waals surface area contributed by atoms with Crippen molar-refractivity contribution < 1.29 is 19.5 Å². The maximum Gasteiger partial charge on any atom is 0.326 e. The summed E-state index contributed by atoms with van der Waals surface area (Å²) in [7, 11) is 0. The smallest absolute Gasteiger partial charge is 0.326 e. The number of para-hydroxylation sites is 1. The van der Waals surface area contributed by atoms with Gasteiger partial charge in [0.25, 0.3) is 0 Å². The number of carboxylic acid groups (broad SMARTS) is 1. The van der Waals surface area contributed by atoms with Crippen LogP contribution in [0.25, 0.3) is 10.9 Å². The van der Waals surface area contributed by atoms with Crippen LogP contribution >= 0.6 is 12.4 Å². The highest BCUT2D eigenvalue weighted by Crippen LogP contribution is 2.19. The molecule has 3 unspecified atom stereocenters. The minimum Gasteiger partial charge on any atom is -0.480 e. The molecule has 1 aromatic carbocycles. The van der Waals surface area contributed by atoms with Gasteiger partial charge in [-0.25, -0.2) is 4.79 Å². The normalized spacial score (nSPS) is 14.0. The fourth-order valence-electron chi connectivity index (χ4n) is 3.39. The molecule has 0 aliphatic rings. The second-order valence-electron chi connectivity index (χ2n) is 8.43. The van der Waals surface area contributed by atoms with Gasteiger partial charge in [-0.2, -0.15) is 0 Å². The molecule has 9 heteroatoms. The molecule has 31 heavy (non-hydrogen) atoms. The first-order valence-electron chi connectivity index (χ1n) is 10.2. The Balaban J connectivity index is 0.00000480. The summed E-state index contributed by atoms with van der Waals surface area (Å²) in [5.74, 6) is -2.09. The van der Waals surface area contributed by atoms with Gasteiger partial charge < -0.3 is 26.5 Å². The molecule has 8 nitrogen and oxygen atoms in total.